The van der Waals surface area contributed by atoms with Crippen LogP contribution in [0.15, 0.2) is 10.9 Å². The minimum absolute atomic E-state index is 0.335. The number of anilines is 1. The van der Waals surface area contributed by atoms with E-state index in [9.17, 15) is 4.79 Å². The first kappa shape index (κ1) is 11.4. The summed E-state index contributed by atoms with van der Waals surface area (Å²) in [6.07, 6.45) is 1.06. The van der Waals surface area contributed by atoms with E-state index in [1.807, 2.05) is 0 Å². The standard InChI is InChI=1S/C10H15ClN4O/c1-2-7-6-15(4-3-12-7)9-5-8(11)13-10(16)14-9/h5,7,12H,2-4,6H2,1H3,(H,13,14,16). The fourth-order valence-electron chi connectivity index (χ4n) is 1.88. The van der Waals surface area contributed by atoms with Gasteiger partial charge >= 0.3 is 5.69 Å². The first-order valence-corrected chi connectivity index (χ1v) is 5.82. The maximum atomic E-state index is 11.2. The molecule has 2 N–H and O–H groups in total. The Bertz CT molecular complexity index is 420. The number of hydrogen-bond donors (Lipinski definition) is 2. The minimum Gasteiger partial charge on any atom is -0.354 e. The molecule has 1 aliphatic rings. The molecule has 0 spiro atoms. The van der Waals surface area contributed by atoms with E-state index in [1.54, 1.807) is 6.07 Å². The molecule has 1 aliphatic heterocycles. The van der Waals surface area contributed by atoms with Gasteiger partial charge in [0.2, 0.25) is 0 Å². The lowest BCUT2D eigenvalue weighted by atomic mass is 10.1. The van der Waals surface area contributed by atoms with E-state index < -0.39 is 5.69 Å². The SMILES string of the molecule is CCC1CN(c2cc(Cl)[nH]c(=O)n2)CCN1. The summed E-state index contributed by atoms with van der Waals surface area (Å²) in [4.78, 5) is 19.7. The Morgan fingerprint density at radius 1 is 1.69 bits per heavy atom. The number of nitrogens with one attached hydrogen (secondary N) is 2. The smallest absolute Gasteiger partial charge is 0.348 e. The van der Waals surface area contributed by atoms with Gasteiger partial charge in [0.05, 0.1) is 0 Å². The second kappa shape index (κ2) is 4.84. The van der Waals surface area contributed by atoms with E-state index in [1.165, 1.54) is 0 Å². The number of rotatable bonds is 2. The number of aromatic amines is 1. The molecule has 88 valence electrons. The summed E-state index contributed by atoms with van der Waals surface area (Å²) < 4.78 is 0. The van der Waals surface area contributed by atoms with Crippen LogP contribution in [-0.4, -0.2) is 35.6 Å². The third kappa shape index (κ3) is 2.54. The van der Waals surface area contributed by atoms with Gasteiger partial charge in [-0.05, 0) is 6.42 Å². The van der Waals surface area contributed by atoms with Crippen molar-refractivity contribution in [3.8, 4) is 0 Å². The zero-order valence-corrected chi connectivity index (χ0v) is 9.92. The highest BCUT2D eigenvalue weighted by atomic mass is 35.5. The molecule has 0 aliphatic carbocycles. The van der Waals surface area contributed by atoms with Crippen LogP contribution in [-0.2, 0) is 0 Å². The van der Waals surface area contributed by atoms with E-state index in [0.29, 0.717) is 17.0 Å². The number of H-pyrrole nitrogens is 1. The molecule has 2 rings (SSSR count). The van der Waals surface area contributed by atoms with Crippen molar-refractivity contribution in [1.82, 2.24) is 15.3 Å². The van der Waals surface area contributed by atoms with Crippen molar-refractivity contribution in [3.63, 3.8) is 0 Å². The average molecular weight is 243 g/mol. The maximum Gasteiger partial charge on any atom is 0.348 e. The van der Waals surface area contributed by atoms with Crippen molar-refractivity contribution in [1.29, 1.82) is 0 Å². The van der Waals surface area contributed by atoms with Crippen LogP contribution in [0.1, 0.15) is 13.3 Å². The molecule has 0 saturated carbocycles. The van der Waals surface area contributed by atoms with Gasteiger partial charge in [-0.3, -0.25) is 4.98 Å². The highest BCUT2D eigenvalue weighted by Gasteiger charge is 2.19. The Morgan fingerprint density at radius 3 is 3.19 bits per heavy atom. The van der Waals surface area contributed by atoms with Gasteiger partial charge in [0.25, 0.3) is 0 Å². The van der Waals surface area contributed by atoms with Crippen molar-refractivity contribution in [2.45, 2.75) is 19.4 Å². The molecule has 0 bridgehead atoms. The Balaban J connectivity index is 2.19. The van der Waals surface area contributed by atoms with Gasteiger partial charge in [0, 0.05) is 31.7 Å². The van der Waals surface area contributed by atoms with E-state index in [-0.39, 0.29) is 0 Å². The molecular weight excluding hydrogens is 228 g/mol. The van der Waals surface area contributed by atoms with Crippen molar-refractivity contribution < 1.29 is 0 Å². The summed E-state index contributed by atoms with van der Waals surface area (Å²) in [5.74, 6) is 0.661. The van der Waals surface area contributed by atoms with Crippen LogP contribution in [0.25, 0.3) is 0 Å². The zero-order valence-electron chi connectivity index (χ0n) is 9.16. The molecule has 2 heterocycles. The first-order valence-electron chi connectivity index (χ1n) is 5.44. The third-order valence-electron chi connectivity index (χ3n) is 2.77. The summed E-state index contributed by atoms with van der Waals surface area (Å²) in [6, 6.07) is 2.15. The number of piperazine rings is 1. The normalized spacial score (nSPS) is 21.1. The van der Waals surface area contributed by atoms with E-state index in [0.717, 1.165) is 26.1 Å². The quantitative estimate of drug-likeness (QED) is 0.747. The van der Waals surface area contributed by atoms with Gasteiger partial charge in [-0.25, -0.2) is 4.79 Å². The van der Waals surface area contributed by atoms with Crippen LogP contribution >= 0.6 is 11.6 Å². The summed E-state index contributed by atoms with van der Waals surface area (Å²) in [7, 11) is 0. The highest BCUT2D eigenvalue weighted by molar-refractivity contribution is 6.29. The lowest BCUT2D eigenvalue weighted by Crippen LogP contribution is -2.51. The molecule has 1 fully saturated rings. The summed E-state index contributed by atoms with van der Waals surface area (Å²) >= 11 is 5.80. The monoisotopic (exact) mass is 242 g/mol. The van der Waals surface area contributed by atoms with Crippen molar-refractivity contribution >= 4 is 17.4 Å². The molecule has 0 radical (unpaired) electrons. The van der Waals surface area contributed by atoms with Gasteiger partial charge in [-0.1, -0.05) is 18.5 Å². The molecule has 1 saturated heterocycles. The summed E-state index contributed by atoms with van der Waals surface area (Å²) in [5.41, 5.74) is -0.394. The van der Waals surface area contributed by atoms with E-state index in [4.69, 9.17) is 11.6 Å². The fourth-order valence-corrected chi connectivity index (χ4v) is 2.06. The molecule has 0 aromatic carbocycles. The number of aromatic nitrogens is 2. The van der Waals surface area contributed by atoms with Crippen molar-refractivity contribution in [2.24, 2.45) is 0 Å². The summed E-state index contributed by atoms with van der Waals surface area (Å²) in [6.45, 7) is 4.76. The van der Waals surface area contributed by atoms with Crippen molar-refractivity contribution in [3.05, 3.63) is 21.7 Å². The minimum atomic E-state index is -0.394. The van der Waals surface area contributed by atoms with Crippen LogP contribution in [0.2, 0.25) is 5.15 Å². The van der Waals surface area contributed by atoms with E-state index >= 15 is 0 Å². The topological polar surface area (TPSA) is 61.0 Å². The van der Waals surface area contributed by atoms with Crippen LogP contribution in [0, 0.1) is 0 Å². The Labute approximate surface area is 98.8 Å². The fraction of sp³-hybridized carbons (Fsp3) is 0.600. The van der Waals surface area contributed by atoms with Crippen LogP contribution < -0.4 is 15.9 Å². The zero-order chi connectivity index (χ0) is 11.5. The number of hydrogen-bond acceptors (Lipinski definition) is 4. The Morgan fingerprint density at radius 2 is 2.50 bits per heavy atom. The molecule has 1 atom stereocenters. The first-order chi connectivity index (χ1) is 7.69. The Hall–Kier alpha value is -1.07. The molecule has 16 heavy (non-hydrogen) atoms. The molecule has 1 unspecified atom stereocenters. The molecule has 1 aromatic heterocycles. The second-order valence-corrected chi connectivity index (χ2v) is 4.30. The maximum absolute atomic E-state index is 11.2. The van der Waals surface area contributed by atoms with Gasteiger partial charge in [-0.2, -0.15) is 4.98 Å². The lowest BCUT2D eigenvalue weighted by molar-refractivity contribution is 0.444. The van der Waals surface area contributed by atoms with Gasteiger partial charge in [-0.15, -0.1) is 0 Å². The Kier molecular flexibility index (Phi) is 3.46. The third-order valence-corrected chi connectivity index (χ3v) is 2.97. The number of nitrogens with zero attached hydrogens (tertiary/aromatic N) is 2. The van der Waals surface area contributed by atoms with E-state index in [2.05, 4.69) is 27.1 Å². The van der Waals surface area contributed by atoms with Crippen LogP contribution in [0.4, 0.5) is 5.82 Å². The van der Waals surface area contributed by atoms with Gasteiger partial charge in [0.15, 0.2) is 0 Å². The van der Waals surface area contributed by atoms with Crippen LogP contribution in [0.3, 0.4) is 0 Å². The molecule has 1 aromatic rings. The lowest BCUT2D eigenvalue weighted by Gasteiger charge is -2.33. The molecular formula is C10H15ClN4O. The largest absolute Gasteiger partial charge is 0.354 e. The predicted octanol–water partition coefficient (Wildman–Crippen LogP) is 0.612. The van der Waals surface area contributed by atoms with Gasteiger partial charge < -0.3 is 10.2 Å². The summed E-state index contributed by atoms with van der Waals surface area (Å²) in [5, 5.41) is 3.74. The average Bonchev–Trinajstić information content (AvgIpc) is 2.28. The second-order valence-electron chi connectivity index (χ2n) is 3.90. The van der Waals surface area contributed by atoms with Crippen LogP contribution in [0.5, 0.6) is 0 Å². The molecule has 0 amide bonds. The number of halogens is 1. The van der Waals surface area contributed by atoms with Gasteiger partial charge in [0.1, 0.15) is 11.0 Å². The highest BCUT2D eigenvalue weighted by Crippen LogP contribution is 2.15. The predicted molar refractivity (Wildman–Crippen MR) is 64.2 cm³/mol. The molecule has 6 heteroatoms. The van der Waals surface area contributed by atoms with Crippen molar-refractivity contribution in [2.75, 3.05) is 24.5 Å². The molecule has 5 nitrogen and oxygen atoms in total.